The second kappa shape index (κ2) is 4.27. The summed E-state index contributed by atoms with van der Waals surface area (Å²) in [4.78, 5) is 24.8. The van der Waals surface area contributed by atoms with Crippen molar-refractivity contribution in [2.45, 2.75) is 39.2 Å². The normalized spacial score (nSPS) is 32.0. The van der Waals surface area contributed by atoms with Gasteiger partial charge in [0.15, 0.2) is 5.60 Å². The zero-order valence-corrected chi connectivity index (χ0v) is 12.6. The monoisotopic (exact) mass is 309 g/mol. The molecule has 1 N–H and O–H groups in total. The molecule has 22 heavy (non-hydrogen) atoms. The van der Waals surface area contributed by atoms with E-state index in [-0.39, 0.29) is 5.69 Å². The van der Waals surface area contributed by atoms with Crippen molar-refractivity contribution in [3.8, 4) is 0 Å². The Morgan fingerprint density at radius 3 is 2.41 bits per heavy atom. The number of nitrogens with one attached hydrogen (secondary N) is 1. The third kappa shape index (κ3) is 1.61. The van der Waals surface area contributed by atoms with Gasteiger partial charge in [0.05, 0.1) is 11.1 Å². The number of anilines is 1. The Bertz CT molecular complexity index is 688. The molecule has 0 spiro atoms. The minimum atomic E-state index is -1.32. The number of fused-ring (bicyclic) bond motifs is 2. The molecule has 1 heterocycles. The highest BCUT2D eigenvalue weighted by Gasteiger charge is 2.75. The van der Waals surface area contributed by atoms with E-state index in [4.69, 9.17) is 4.74 Å². The van der Waals surface area contributed by atoms with E-state index in [1.54, 1.807) is 6.92 Å². The molecular weight excluding hydrogens is 292 g/mol. The van der Waals surface area contributed by atoms with E-state index in [1.165, 1.54) is 0 Å². The lowest BCUT2D eigenvalue weighted by Gasteiger charge is -2.35. The molecule has 4 nitrogen and oxygen atoms in total. The van der Waals surface area contributed by atoms with E-state index in [0.29, 0.717) is 18.9 Å². The van der Waals surface area contributed by atoms with Crippen LogP contribution >= 0.6 is 0 Å². The smallest absolute Gasteiger partial charge is 0.313 e. The van der Waals surface area contributed by atoms with Crippen molar-refractivity contribution < 1.29 is 23.1 Å². The minimum Gasteiger partial charge on any atom is -0.448 e. The van der Waals surface area contributed by atoms with Crippen LogP contribution in [0, 0.1) is 22.5 Å². The standard InChI is InChI=1S/C16H17F2NO3/c1-14(2)15(3)6-7-16(14,22-13(15)21)12(20)19-11-5-4-9(17)8-10(11)18/h4-5,8H,6-7H2,1-3H3,(H,19,20)/t15-,16-/m0/s1. The quantitative estimate of drug-likeness (QED) is 0.854. The first kappa shape index (κ1) is 14.9. The molecule has 1 aromatic carbocycles. The SMILES string of the molecule is CC1(C)[C@@]2(C)CC[C@@]1(C(=O)Nc1ccc(F)cc1F)OC2=O. The van der Waals surface area contributed by atoms with Gasteiger partial charge in [-0.05, 0) is 31.9 Å². The lowest BCUT2D eigenvalue weighted by molar-refractivity contribution is -0.165. The van der Waals surface area contributed by atoms with Gasteiger partial charge in [-0.3, -0.25) is 9.59 Å². The predicted octanol–water partition coefficient (Wildman–Crippen LogP) is 3.03. The molecule has 2 fully saturated rings. The molecule has 2 atom stereocenters. The van der Waals surface area contributed by atoms with Crippen LogP contribution in [0.4, 0.5) is 14.5 Å². The van der Waals surface area contributed by atoms with Crippen LogP contribution in [0.2, 0.25) is 0 Å². The number of amides is 1. The van der Waals surface area contributed by atoms with Crippen molar-refractivity contribution in [1.29, 1.82) is 0 Å². The van der Waals surface area contributed by atoms with E-state index in [1.807, 2.05) is 13.8 Å². The fraction of sp³-hybridized carbons (Fsp3) is 0.500. The Hall–Kier alpha value is -1.98. The molecule has 1 aliphatic heterocycles. The summed E-state index contributed by atoms with van der Waals surface area (Å²) in [7, 11) is 0. The number of rotatable bonds is 2. The fourth-order valence-electron chi connectivity index (χ4n) is 3.56. The van der Waals surface area contributed by atoms with E-state index < -0.39 is 39.9 Å². The Balaban J connectivity index is 1.94. The van der Waals surface area contributed by atoms with Crippen molar-refractivity contribution in [2.24, 2.45) is 10.8 Å². The number of carbonyl (C=O) groups is 2. The van der Waals surface area contributed by atoms with Gasteiger partial charge in [0.25, 0.3) is 5.91 Å². The number of ether oxygens (including phenoxy) is 1. The molecule has 1 aliphatic carbocycles. The highest BCUT2D eigenvalue weighted by molar-refractivity contribution is 6.03. The first-order valence-corrected chi connectivity index (χ1v) is 7.14. The molecular formula is C16H17F2NO3. The topological polar surface area (TPSA) is 55.4 Å². The van der Waals surface area contributed by atoms with E-state index in [9.17, 15) is 18.4 Å². The summed E-state index contributed by atoms with van der Waals surface area (Å²) in [5.41, 5.74) is -2.89. The molecule has 0 aromatic heterocycles. The lowest BCUT2D eigenvalue weighted by atomic mass is 9.66. The van der Waals surface area contributed by atoms with E-state index >= 15 is 0 Å². The van der Waals surface area contributed by atoms with Crippen molar-refractivity contribution in [1.82, 2.24) is 0 Å². The molecule has 6 heteroatoms. The van der Waals surface area contributed by atoms with Crippen LogP contribution in [0.15, 0.2) is 18.2 Å². The van der Waals surface area contributed by atoms with Gasteiger partial charge in [-0.1, -0.05) is 13.8 Å². The van der Waals surface area contributed by atoms with Crippen LogP contribution in [0.3, 0.4) is 0 Å². The Labute approximate surface area is 126 Å². The Morgan fingerprint density at radius 1 is 1.23 bits per heavy atom. The summed E-state index contributed by atoms with van der Waals surface area (Å²) < 4.78 is 32.1. The molecule has 1 amide bonds. The predicted molar refractivity (Wildman–Crippen MR) is 74.9 cm³/mol. The van der Waals surface area contributed by atoms with Gasteiger partial charge in [0.1, 0.15) is 11.6 Å². The second-order valence-electron chi connectivity index (χ2n) is 6.75. The number of hydrogen-bond acceptors (Lipinski definition) is 3. The van der Waals surface area contributed by atoms with Crippen LogP contribution in [-0.2, 0) is 14.3 Å². The first-order valence-electron chi connectivity index (χ1n) is 7.14. The Kier molecular flexibility index (Phi) is 2.90. The summed E-state index contributed by atoms with van der Waals surface area (Å²) in [5.74, 6) is -2.57. The van der Waals surface area contributed by atoms with Crippen molar-refractivity contribution in [3.63, 3.8) is 0 Å². The van der Waals surface area contributed by atoms with Crippen LogP contribution in [0.5, 0.6) is 0 Å². The molecule has 2 aliphatic rings. The van der Waals surface area contributed by atoms with Gasteiger partial charge < -0.3 is 10.1 Å². The van der Waals surface area contributed by atoms with Gasteiger partial charge in [-0.15, -0.1) is 0 Å². The maximum atomic E-state index is 13.7. The molecule has 0 radical (unpaired) electrons. The second-order valence-corrected chi connectivity index (χ2v) is 6.75. The zero-order valence-electron chi connectivity index (χ0n) is 12.6. The third-order valence-electron chi connectivity index (χ3n) is 5.63. The Morgan fingerprint density at radius 2 is 1.91 bits per heavy atom. The van der Waals surface area contributed by atoms with Crippen LogP contribution in [0.1, 0.15) is 33.6 Å². The highest BCUT2D eigenvalue weighted by atomic mass is 19.1. The maximum Gasteiger partial charge on any atom is 0.313 e. The van der Waals surface area contributed by atoms with Gasteiger partial charge >= 0.3 is 5.97 Å². The highest BCUT2D eigenvalue weighted by Crippen LogP contribution is 2.65. The van der Waals surface area contributed by atoms with Gasteiger partial charge in [0, 0.05) is 11.5 Å². The largest absolute Gasteiger partial charge is 0.448 e. The van der Waals surface area contributed by atoms with Crippen LogP contribution in [-0.4, -0.2) is 17.5 Å². The summed E-state index contributed by atoms with van der Waals surface area (Å²) in [6.07, 6.45) is 0.926. The van der Waals surface area contributed by atoms with Gasteiger partial charge in [0.2, 0.25) is 0 Å². The molecule has 1 saturated heterocycles. The zero-order chi connectivity index (χ0) is 16.3. The van der Waals surface area contributed by atoms with Crippen molar-refractivity contribution in [3.05, 3.63) is 29.8 Å². The molecule has 0 unspecified atom stereocenters. The molecule has 1 saturated carbocycles. The minimum absolute atomic E-state index is 0.131. The number of benzene rings is 1. The molecule has 3 rings (SSSR count). The third-order valence-corrected chi connectivity index (χ3v) is 5.63. The molecule has 1 aromatic rings. The molecule has 118 valence electrons. The first-order chi connectivity index (χ1) is 10.1. The average Bonchev–Trinajstić information content (AvgIpc) is 2.72. The van der Waals surface area contributed by atoms with Gasteiger partial charge in [-0.2, -0.15) is 0 Å². The summed E-state index contributed by atoms with van der Waals surface area (Å²) in [5, 5.41) is 2.43. The number of hydrogen-bond donors (Lipinski definition) is 1. The van der Waals surface area contributed by atoms with Crippen LogP contribution < -0.4 is 5.32 Å². The number of halogens is 2. The van der Waals surface area contributed by atoms with E-state index in [2.05, 4.69) is 5.32 Å². The van der Waals surface area contributed by atoms with Crippen LogP contribution in [0.25, 0.3) is 0 Å². The average molecular weight is 309 g/mol. The molecule has 2 bridgehead atoms. The van der Waals surface area contributed by atoms with Gasteiger partial charge in [-0.25, -0.2) is 8.78 Å². The lowest BCUT2D eigenvalue weighted by Crippen LogP contribution is -2.50. The summed E-state index contributed by atoms with van der Waals surface area (Å²) in [6.45, 7) is 5.41. The fourth-order valence-corrected chi connectivity index (χ4v) is 3.56. The summed E-state index contributed by atoms with van der Waals surface area (Å²) in [6, 6.07) is 2.90. The van der Waals surface area contributed by atoms with Crippen molar-refractivity contribution in [2.75, 3.05) is 5.32 Å². The summed E-state index contributed by atoms with van der Waals surface area (Å²) >= 11 is 0. The van der Waals surface area contributed by atoms with E-state index in [0.717, 1.165) is 12.1 Å². The number of carbonyl (C=O) groups excluding carboxylic acids is 2. The maximum absolute atomic E-state index is 13.7. The number of esters is 1. The van der Waals surface area contributed by atoms with Crippen molar-refractivity contribution >= 4 is 17.6 Å².